The maximum atomic E-state index is 13.1. The number of anilines is 1. The number of rotatable bonds is 3. The standard InChI is InChI=1S/C22H25ClN2O3S/c23-19-9-7-17(8-10-19)22(26)25-15-5-6-18-16-20(11-12-21(18)25)29(27,28)24-13-3-1-2-4-14-24/h7-12,16H,1-6,13-15H2. The number of nitrogens with zero attached hydrogens (tertiary/aromatic N) is 2. The molecule has 1 saturated heterocycles. The van der Waals surface area contributed by atoms with Gasteiger partial charge in [0, 0.05) is 35.9 Å². The van der Waals surface area contributed by atoms with Crippen molar-refractivity contribution in [1.82, 2.24) is 4.31 Å². The number of benzene rings is 2. The van der Waals surface area contributed by atoms with E-state index >= 15 is 0 Å². The van der Waals surface area contributed by atoms with Gasteiger partial charge in [0.05, 0.1) is 4.90 Å². The number of aryl methyl sites for hydroxylation is 1. The van der Waals surface area contributed by atoms with Gasteiger partial charge >= 0.3 is 0 Å². The van der Waals surface area contributed by atoms with Crippen LogP contribution in [0.4, 0.5) is 5.69 Å². The zero-order valence-corrected chi connectivity index (χ0v) is 17.9. The van der Waals surface area contributed by atoms with Crippen molar-refractivity contribution in [3.05, 3.63) is 58.6 Å². The number of carbonyl (C=O) groups excluding carboxylic acids is 1. The van der Waals surface area contributed by atoms with E-state index in [2.05, 4.69) is 0 Å². The van der Waals surface area contributed by atoms with E-state index in [1.165, 1.54) is 0 Å². The van der Waals surface area contributed by atoms with Crippen molar-refractivity contribution in [2.45, 2.75) is 43.4 Å². The Labute approximate surface area is 177 Å². The van der Waals surface area contributed by atoms with Crippen LogP contribution in [0.1, 0.15) is 48.0 Å². The molecule has 0 saturated carbocycles. The highest BCUT2D eigenvalue weighted by atomic mass is 35.5. The van der Waals surface area contributed by atoms with Crippen LogP contribution in [0.5, 0.6) is 0 Å². The molecule has 0 aromatic heterocycles. The Hall–Kier alpha value is -1.89. The van der Waals surface area contributed by atoms with Crippen LogP contribution in [0.2, 0.25) is 5.02 Å². The highest BCUT2D eigenvalue weighted by molar-refractivity contribution is 7.89. The zero-order chi connectivity index (χ0) is 20.4. The maximum Gasteiger partial charge on any atom is 0.258 e. The second kappa shape index (κ2) is 8.46. The van der Waals surface area contributed by atoms with Crippen LogP contribution >= 0.6 is 11.6 Å². The topological polar surface area (TPSA) is 57.7 Å². The van der Waals surface area contributed by atoms with E-state index in [9.17, 15) is 13.2 Å². The molecule has 0 bridgehead atoms. The van der Waals surface area contributed by atoms with Crippen LogP contribution in [0.3, 0.4) is 0 Å². The highest BCUT2D eigenvalue weighted by Crippen LogP contribution is 2.32. The van der Waals surface area contributed by atoms with Crippen LogP contribution < -0.4 is 4.90 Å². The third-order valence-corrected chi connectivity index (χ3v) is 7.86. The van der Waals surface area contributed by atoms with E-state index in [0.29, 0.717) is 35.1 Å². The largest absolute Gasteiger partial charge is 0.308 e. The molecule has 2 aromatic carbocycles. The molecule has 0 aliphatic carbocycles. The van der Waals surface area contributed by atoms with Gasteiger partial charge in [-0.05, 0) is 73.7 Å². The van der Waals surface area contributed by atoms with Gasteiger partial charge in [0.1, 0.15) is 0 Å². The average Bonchev–Trinajstić information content (AvgIpc) is 3.03. The molecule has 29 heavy (non-hydrogen) atoms. The van der Waals surface area contributed by atoms with Gasteiger partial charge in [0.15, 0.2) is 0 Å². The fourth-order valence-electron chi connectivity index (χ4n) is 4.12. The van der Waals surface area contributed by atoms with Crippen LogP contribution in [0, 0.1) is 0 Å². The molecular weight excluding hydrogens is 408 g/mol. The summed E-state index contributed by atoms with van der Waals surface area (Å²) in [6.45, 7) is 1.79. The lowest BCUT2D eigenvalue weighted by atomic mass is 10.0. The monoisotopic (exact) mass is 432 g/mol. The Kier molecular flexibility index (Phi) is 5.95. The first-order chi connectivity index (χ1) is 14.0. The first-order valence-electron chi connectivity index (χ1n) is 10.2. The molecule has 1 amide bonds. The van der Waals surface area contributed by atoms with Crippen molar-refractivity contribution in [2.75, 3.05) is 24.5 Å². The van der Waals surface area contributed by atoms with Crippen molar-refractivity contribution >= 4 is 33.2 Å². The first-order valence-corrected chi connectivity index (χ1v) is 12.0. The first kappa shape index (κ1) is 20.4. The van der Waals surface area contributed by atoms with Gasteiger partial charge in [-0.25, -0.2) is 8.42 Å². The normalized spacial score (nSPS) is 18.2. The van der Waals surface area contributed by atoms with E-state index in [4.69, 9.17) is 11.6 Å². The summed E-state index contributed by atoms with van der Waals surface area (Å²) in [6, 6.07) is 12.0. The molecule has 2 aromatic rings. The van der Waals surface area contributed by atoms with Crippen LogP contribution in [0.25, 0.3) is 0 Å². The summed E-state index contributed by atoms with van der Waals surface area (Å²) in [6.07, 6.45) is 5.56. The molecule has 7 heteroatoms. The molecule has 1 fully saturated rings. The summed E-state index contributed by atoms with van der Waals surface area (Å²) in [5, 5.41) is 0.587. The fraction of sp³-hybridized carbons (Fsp3) is 0.409. The minimum Gasteiger partial charge on any atom is -0.308 e. The molecule has 2 aliphatic heterocycles. The van der Waals surface area contributed by atoms with Crippen LogP contribution in [-0.2, 0) is 16.4 Å². The van der Waals surface area contributed by atoms with Crippen molar-refractivity contribution in [1.29, 1.82) is 0 Å². The predicted molar refractivity (Wildman–Crippen MR) is 115 cm³/mol. The number of hydrogen-bond donors (Lipinski definition) is 0. The van der Waals surface area contributed by atoms with Gasteiger partial charge < -0.3 is 4.90 Å². The van der Waals surface area contributed by atoms with Gasteiger partial charge in [0.2, 0.25) is 10.0 Å². The average molecular weight is 433 g/mol. The van der Waals surface area contributed by atoms with Gasteiger partial charge in [-0.2, -0.15) is 4.31 Å². The molecule has 0 radical (unpaired) electrons. The molecule has 4 rings (SSSR count). The van der Waals surface area contributed by atoms with Gasteiger partial charge in [-0.15, -0.1) is 0 Å². The van der Waals surface area contributed by atoms with Gasteiger partial charge in [-0.3, -0.25) is 4.79 Å². The Morgan fingerprint density at radius 3 is 2.24 bits per heavy atom. The lowest BCUT2D eigenvalue weighted by molar-refractivity contribution is 0.0985. The quantitative estimate of drug-likeness (QED) is 0.717. The smallest absolute Gasteiger partial charge is 0.258 e. The Morgan fingerprint density at radius 1 is 0.862 bits per heavy atom. The molecule has 2 aliphatic rings. The van der Waals surface area contributed by atoms with E-state index in [1.807, 2.05) is 0 Å². The SMILES string of the molecule is O=C(c1ccc(Cl)cc1)N1CCCc2cc(S(=O)(=O)N3CCCCCC3)ccc21. The summed E-state index contributed by atoms with van der Waals surface area (Å²) >= 11 is 5.93. The maximum absolute atomic E-state index is 13.1. The number of halogens is 1. The number of sulfonamides is 1. The van der Waals surface area contributed by atoms with E-state index in [0.717, 1.165) is 49.8 Å². The number of amides is 1. The van der Waals surface area contributed by atoms with Crippen molar-refractivity contribution in [2.24, 2.45) is 0 Å². The second-order valence-electron chi connectivity index (χ2n) is 7.68. The van der Waals surface area contributed by atoms with E-state index < -0.39 is 10.0 Å². The van der Waals surface area contributed by atoms with Crippen molar-refractivity contribution in [3.63, 3.8) is 0 Å². The molecule has 0 atom stereocenters. The minimum atomic E-state index is -3.50. The lowest BCUT2D eigenvalue weighted by Crippen LogP contribution is -2.36. The van der Waals surface area contributed by atoms with Gasteiger partial charge in [0.25, 0.3) is 5.91 Å². The Morgan fingerprint density at radius 2 is 1.55 bits per heavy atom. The molecule has 154 valence electrons. The summed E-state index contributed by atoms with van der Waals surface area (Å²) in [7, 11) is -3.50. The number of carbonyl (C=O) groups is 1. The highest BCUT2D eigenvalue weighted by Gasteiger charge is 2.29. The molecular formula is C22H25ClN2O3S. The predicted octanol–water partition coefficient (Wildman–Crippen LogP) is 4.50. The van der Waals surface area contributed by atoms with Crippen molar-refractivity contribution < 1.29 is 13.2 Å². The molecule has 2 heterocycles. The van der Waals surface area contributed by atoms with Crippen LogP contribution in [-0.4, -0.2) is 38.3 Å². The number of fused-ring (bicyclic) bond motifs is 1. The molecule has 0 unspecified atom stereocenters. The Bertz CT molecular complexity index is 997. The van der Waals surface area contributed by atoms with Crippen LogP contribution in [0.15, 0.2) is 47.4 Å². The van der Waals surface area contributed by atoms with Gasteiger partial charge in [-0.1, -0.05) is 24.4 Å². The summed E-state index contributed by atoms with van der Waals surface area (Å²) in [5.41, 5.74) is 2.28. The minimum absolute atomic E-state index is 0.0919. The third kappa shape index (κ3) is 4.20. The third-order valence-electron chi connectivity index (χ3n) is 5.71. The second-order valence-corrected chi connectivity index (χ2v) is 10.1. The summed E-state index contributed by atoms with van der Waals surface area (Å²) < 4.78 is 27.9. The van der Waals surface area contributed by atoms with E-state index in [1.54, 1.807) is 51.7 Å². The zero-order valence-electron chi connectivity index (χ0n) is 16.3. The number of hydrogen-bond acceptors (Lipinski definition) is 3. The van der Waals surface area contributed by atoms with Crippen molar-refractivity contribution in [3.8, 4) is 0 Å². The molecule has 0 spiro atoms. The Balaban J connectivity index is 1.63. The molecule has 5 nitrogen and oxygen atoms in total. The molecule has 0 N–H and O–H groups in total. The van der Waals surface area contributed by atoms with E-state index in [-0.39, 0.29) is 5.91 Å². The lowest BCUT2D eigenvalue weighted by Gasteiger charge is -2.30. The fourth-order valence-corrected chi connectivity index (χ4v) is 5.82. The summed E-state index contributed by atoms with van der Waals surface area (Å²) in [4.78, 5) is 15.1. The summed E-state index contributed by atoms with van der Waals surface area (Å²) in [5.74, 6) is -0.0919.